The maximum absolute atomic E-state index is 9.12. The number of aliphatic hydroxyl groups is 1. The molecule has 1 rings (SSSR count). The summed E-state index contributed by atoms with van der Waals surface area (Å²) < 4.78 is 0. The van der Waals surface area contributed by atoms with Gasteiger partial charge >= 0.3 is 0 Å². The Labute approximate surface area is 176 Å². The first-order valence-corrected chi connectivity index (χ1v) is 12.1. The van der Waals surface area contributed by atoms with Crippen LogP contribution >= 0.6 is 0 Å². The Morgan fingerprint density at radius 3 is 1.39 bits per heavy atom. The van der Waals surface area contributed by atoms with Crippen LogP contribution in [0.15, 0.2) is 24.3 Å². The first-order valence-electron chi connectivity index (χ1n) is 12.1. The molecule has 1 N–H and O–H groups in total. The smallest absolute Gasteiger partial charge is 0.0681 e. The molecule has 0 saturated carbocycles. The lowest BCUT2D eigenvalue weighted by atomic mass is 9.90. The van der Waals surface area contributed by atoms with Gasteiger partial charge in [-0.2, -0.15) is 0 Å². The normalized spacial score (nSPS) is 15.0. The molecule has 0 fully saturated rings. The highest BCUT2D eigenvalue weighted by atomic mass is 16.3. The summed E-state index contributed by atoms with van der Waals surface area (Å²) in [6.07, 6.45) is 15.1. The largest absolute Gasteiger partial charge is 0.392 e. The Balaban J connectivity index is 2.04. The molecule has 1 heteroatoms. The summed E-state index contributed by atoms with van der Waals surface area (Å²) in [5, 5.41) is 9.12. The fraction of sp³-hybridized carbons (Fsp3) is 0.778. The third kappa shape index (κ3) is 12.6. The van der Waals surface area contributed by atoms with Crippen LogP contribution in [-0.4, -0.2) is 5.11 Å². The van der Waals surface area contributed by atoms with Crippen molar-refractivity contribution in [2.75, 3.05) is 0 Å². The second kappa shape index (κ2) is 15.1. The van der Waals surface area contributed by atoms with Gasteiger partial charge in [-0.05, 0) is 47.6 Å². The predicted molar refractivity (Wildman–Crippen MR) is 125 cm³/mol. The van der Waals surface area contributed by atoms with Crippen molar-refractivity contribution in [2.24, 2.45) is 23.7 Å². The summed E-state index contributed by atoms with van der Waals surface area (Å²) >= 11 is 0. The van der Waals surface area contributed by atoms with E-state index in [-0.39, 0.29) is 6.61 Å². The van der Waals surface area contributed by atoms with Crippen molar-refractivity contribution < 1.29 is 5.11 Å². The van der Waals surface area contributed by atoms with Crippen LogP contribution in [0.2, 0.25) is 0 Å². The quantitative estimate of drug-likeness (QED) is 0.302. The van der Waals surface area contributed by atoms with Crippen molar-refractivity contribution in [3.8, 4) is 0 Å². The summed E-state index contributed by atoms with van der Waals surface area (Å²) in [4.78, 5) is 0. The molecule has 1 aromatic carbocycles. The molecular weight excluding hydrogens is 340 g/mol. The topological polar surface area (TPSA) is 20.2 Å². The molecule has 0 radical (unpaired) electrons. The van der Waals surface area contributed by atoms with E-state index in [9.17, 15) is 0 Å². The summed E-state index contributed by atoms with van der Waals surface area (Å²) in [5.41, 5.74) is 2.41. The van der Waals surface area contributed by atoms with Crippen LogP contribution in [0.1, 0.15) is 110 Å². The molecule has 0 aliphatic rings. The van der Waals surface area contributed by atoms with Crippen molar-refractivity contribution >= 4 is 0 Å². The third-order valence-corrected chi connectivity index (χ3v) is 6.40. The minimum absolute atomic E-state index is 0.145. The van der Waals surface area contributed by atoms with Gasteiger partial charge in [0.1, 0.15) is 0 Å². The van der Waals surface area contributed by atoms with Gasteiger partial charge in [0.2, 0.25) is 0 Å². The minimum Gasteiger partial charge on any atom is -0.392 e. The van der Waals surface area contributed by atoms with Crippen molar-refractivity contribution in [1.82, 2.24) is 0 Å². The Kier molecular flexibility index (Phi) is 13.6. The summed E-state index contributed by atoms with van der Waals surface area (Å²) in [6.45, 7) is 12.1. The van der Waals surface area contributed by atoms with E-state index < -0.39 is 0 Å². The molecule has 0 saturated heterocycles. The molecular formula is C27H48O. The van der Waals surface area contributed by atoms with Crippen LogP contribution in [0.5, 0.6) is 0 Å². The van der Waals surface area contributed by atoms with E-state index in [1.165, 1.54) is 69.8 Å². The monoisotopic (exact) mass is 388 g/mol. The Morgan fingerprint density at radius 1 is 0.571 bits per heavy atom. The highest BCUT2D eigenvalue weighted by molar-refractivity contribution is 5.22. The number of aryl methyl sites for hydroxylation is 1. The van der Waals surface area contributed by atoms with Crippen molar-refractivity contribution in [3.63, 3.8) is 0 Å². The molecule has 0 amide bonds. The van der Waals surface area contributed by atoms with E-state index in [1.807, 2.05) is 12.1 Å². The average Bonchev–Trinajstić information content (AvgIpc) is 2.66. The van der Waals surface area contributed by atoms with Gasteiger partial charge in [-0.1, -0.05) is 117 Å². The van der Waals surface area contributed by atoms with Crippen LogP contribution in [-0.2, 0) is 13.0 Å². The maximum atomic E-state index is 9.12. The van der Waals surface area contributed by atoms with Crippen LogP contribution < -0.4 is 0 Å². The Morgan fingerprint density at radius 2 is 0.964 bits per heavy atom. The zero-order valence-electron chi connectivity index (χ0n) is 19.6. The standard InChI is InChI=1S/C27H48O/c1-22(2)9-6-10-23(3)11-7-12-24(4)13-8-14-25(5)15-16-26-17-19-27(21-28)20-18-26/h17-20,22-25,28H,6-16,21H2,1-5H3/t23-,24-,25?/m1/s1. The van der Waals surface area contributed by atoms with E-state index >= 15 is 0 Å². The van der Waals surface area contributed by atoms with E-state index in [0.717, 1.165) is 35.7 Å². The lowest BCUT2D eigenvalue weighted by Gasteiger charge is -2.16. The number of hydrogen-bond donors (Lipinski definition) is 1. The van der Waals surface area contributed by atoms with Gasteiger partial charge in [0.15, 0.2) is 0 Å². The van der Waals surface area contributed by atoms with Crippen molar-refractivity contribution in [2.45, 2.75) is 112 Å². The Hall–Kier alpha value is -0.820. The molecule has 0 aliphatic heterocycles. The van der Waals surface area contributed by atoms with Gasteiger partial charge in [-0.15, -0.1) is 0 Å². The first kappa shape index (κ1) is 25.2. The maximum Gasteiger partial charge on any atom is 0.0681 e. The van der Waals surface area contributed by atoms with Crippen LogP contribution in [0, 0.1) is 23.7 Å². The molecule has 162 valence electrons. The van der Waals surface area contributed by atoms with Gasteiger partial charge in [-0.3, -0.25) is 0 Å². The van der Waals surface area contributed by atoms with Crippen molar-refractivity contribution in [1.29, 1.82) is 0 Å². The predicted octanol–water partition coefficient (Wildman–Crippen LogP) is 8.19. The van der Waals surface area contributed by atoms with Gasteiger partial charge in [0, 0.05) is 0 Å². The number of aliphatic hydroxyl groups excluding tert-OH is 1. The molecule has 1 aromatic rings. The van der Waals surface area contributed by atoms with Gasteiger partial charge in [0.05, 0.1) is 6.61 Å². The number of rotatable bonds is 16. The second-order valence-electron chi connectivity index (χ2n) is 10.0. The third-order valence-electron chi connectivity index (χ3n) is 6.40. The van der Waals surface area contributed by atoms with Gasteiger partial charge in [-0.25, -0.2) is 0 Å². The molecule has 1 nitrogen and oxygen atoms in total. The van der Waals surface area contributed by atoms with Gasteiger partial charge in [0.25, 0.3) is 0 Å². The van der Waals surface area contributed by atoms with E-state index in [0.29, 0.717) is 0 Å². The van der Waals surface area contributed by atoms with Gasteiger partial charge < -0.3 is 5.11 Å². The van der Waals surface area contributed by atoms with Crippen LogP contribution in [0.4, 0.5) is 0 Å². The van der Waals surface area contributed by atoms with Crippen LogP contribution in [0.25, 0.3) is 0 Å². The molecule has 0 aliphatic carbocycles. The lowest BCUT2D eigenvalue weighted by molar-refractivity contribution is 0.282. The lowest BCUT2D eigenvalue weighted by Crippen LogP contribution is -2.02. The van der Waals surface area contributed by atoms with E-state index in [2.05, 4.69) is 46.8 Å². The highest BCUT2D eigenvalue weighted by Crippen LogP contribution is 2.23. The second-order valence-corrected chi connectivity index (χ2v) is 10.0. The zero-order valence-corrected chi connectivity index (χ0v) is 19.6. The van der Waals surface area contributed by atoms with E-state index in [4.69, 9.17) is 5.11 Å². The molecule has 1 unspecified atom stereocenters. The molecule has 0 bridgehead atoms. The van der Waals surface area contributed by atoms with Crippen molar-refractivity contribution in [3.05, 3.63) is 35.4 Å². The molecule has 0 heterocycles. The molecule has 0 spiro atoms. The summed E-state index contributed by atoms with van der Waals surface area (Å²) in [7, 11) is 0. The molecule has 3 atom stereocenters. The fourth-order valence-corrected chi connectivity index (χ4v) is 4.16. The molecule has 0 aromatic heterocycles. The summed E-state index contributed by atoms with van der Waals surface area (Å²) in [6, 6.07) is 8.44. The average molecular weight is 389 g/mol. The highest BCUT2D eigenvalue weighted by Gasteiger charge is 2.08. The minimum atomic E-state index is 0.145. The zero-order chi connectivity index (χ0) is 20.8. The number of hydrogen-bond acceptors (Lipinski definition) is 1. The fourth-order valence-electron chi connectivity index (χ4n) is 4.16. The first-order chi connectivity index (χ1) is 13.4. The SMILES string of the molecule is CC(C)CCC[C@@H](C)CCC[C@@H](C)CCCC(C)CCc1ccc(CO)cc1. The number of benzene rings is 1. The summed E-state index contributed by atoms with van der Waals surface area (Å²) in [5.74, 6) is 3.48. The van der Waals surface area contributed by atoms with Crippen LogP contribution in [0.3, 0.4) is 0 Å². The van der Waals surface area contributed by atoms with E-state index in [1.54, 1.807) is 0 Å². The molecule has 28 heavy (non-hydrogen) atoms. The Bertz CT molecular complexity index is 476.